The van der Waals surface area contributed by atoms with Crippen LogP contribution in [0.5, 0.6) is 5.75 Å². The molecule has 1 atom stereocenters. The summed E-state index contributed by atoms with van der Waals surface area (Å²) in [5.41, 5.74) is 2.24. The number of ether oxygens (including phenoxy) is 1. The number of rotatable bonds is 5. The first-order valence-electron chi connectivity index (χ1n) is 6.64. The van der Waals surface area contributed by atoms with E-state index < -0.39 is 0 Å². The molecule has 2 rings (SSSR count). The predicted molar refractivity (Wildman–Crippen MR) is 76.1 cm³/mol. The van der Waals surface area contributed by atoms with E-state index in [9.17, 15) is 4.39 Å². The van der Waals surface area contributed by atoms with Crippen LogP contribution in [0.3, 0.4) is 0 Å². The van der Waals surface area contributed by atoms with Gasteiger partial charge in [-0.3, -0.25) is 0 Å². The van der Waals surface area contributed by atoms with E-state index in [0.29, 0.717) is 0 Å². The molecule has 0 bridgehead atoms. The van der Waals surface area contributed by atoms with Crippen molar-refractivity contribution in [2.24, 2.45) is 0 Å². The van der Waals surface area contributed by atoms with Crippen LogP contribution in [-0.2, 0) is 0 Å². The first-order valence-corrected chi connectivity index (χ1v) is 6.64. The average molecular weight is 258 g/mol. The summed E-state index contributed by atoms with van der Waals surface area (Å²) in [4.78, 5) is 0. The Morgan fingerprint density at radius 3 is 2.37 bits per heavy atom. The zero-order valence-electron chi connectivity index (χ0n) is 11.4. The van der Waals surface area contributed by atoms with Crippen molar-refractivity contribution >= 4 is 0 Å². The van der Waals surface area contributed by atoms with Gasteiger partial charge in [-0.25, -0.2) is 4.39 Å². The standard InChI is InChI=1S/C17H19FO/c1-3-5-17(14-6-4-7-15(18)12-14)13-8-10-16(19-2)11-9-13/h4,6-12,17H,3,5H2,1-2H3. The number of methoxy groups -OCH3 is 1. The molecule has 0 amide bonds. The van der Waals surface area contributed by atoms with Crippen LogP contribution in [-0.4, -0.2) is 7.11 Å². The number of benzene rings is 2. The lowest BCUT2D eigenvalue weighted by atomic mass is 9.87. The third-order valence-corrected chi connectivity index (χ3v) is 3.35. The Morgan fingerprint density at radius 1 is 1.05 bits per heavy atom. The minimum atomic E-state index is -0.174. The van der Waals surface area contributed by atoms with Crippen molar-refractivity contribution < 1.29 is 9.13 Å². The van der Waals surface area contributed by atoms with Gasteiger partial charge >= 0.3 is 0 Å². The third-order valence-electron chi connectivity index (χ3n) is 3.35. The van der Waals surface area contributed by atoms with Crippen LogP contribution in [0.15, 0.2) is 48.5 Å². The van der Waals surface area contributed by atoms with E-state index in [-0.39, 0.29) is 11.7 Å². The molecule has 100 valence electrons. The molecule has 0 radical (unpaired) electrons. The zero-order valence-corrected chi connectivity index (χ0v) is 11.4. The maximum atomic E-state index is 13.4. The van der Waals surface area contributed by atoms with Crippen LogP contribution in [0.25, 0.3) is 0 Å². The highest BCUT2D eigenvalue weighted by Gasteiger charge is 2.13. The molecule has 19 heavy (non-hydrogen) atoms. The van der Waals surface area contributed by atoms with E-state index in [2.05, 4.69) is 19.1 Å². The predicted octanol–water partition coefficient (Wildman–Crippen LogP) is 4.77. The molecule has 0 saturated carbocycles. The van der Waals surface area contributed by atoms with Gasteiger partial charge in [0, 0.05) is 5.92 Å². The molecule has 0 fully saturated rings. The van der Waals surface area contributed by atoms with Gasteiger partial charge in [0.15, 0.2) is 0 Å². The SMILES string of the molecule is CCCC(c1ccc(OC)cc1)c1cccc(F)c1. The Morgan fingerprint density at radius 2 is 1.79 bits per heavy atom. The van der Waals surface area contributed by atoms with E-state index in [4.69, 9.17) is 4.74 Å². The molecule has 0 aromatic heterocycles. The first kappa shape index (κ1) is 13.6. The summed E-state index contributed by atoms with van der Waals surface area (Å²) >= 11 is 0. The smallest absolute Gasteiger partial charge is 0.123 e. The van der Waals surface area contributed by atoms with Crippen LogP contribution in [0.4, 0.5) is 4.39 Å². The minimum absolute atomic E-state index is 0.174. The van der Waals surface area contributed by atoms with Gasteiger partial charge < -0.3 is 4.74 Å². The lowest BCUT2D eigenvalue weighted by molar-refractivity contribution is 0.414. The summed E-state index contributed by atoms with van der Waals surface area (Å²) < 4.78 is 18.6. The summed E-state index contributed by atoms with van der Waals surface area (Å²) in [7, 11) is 1.66. The maximum Gasteiger partial charge on any atom is 0.123 e. The number of hydrogen-bond donors (Lipinski definition) is 0. The Balaban J connectivity index is 2.33. The second kappa shape index (κ2) is 6.37. The Labute approximate surface area is 114 Å². The topological polar surface area (TPSA) is 9.23 Å². The summed E-state index contributed by atoms with van der Waals surface area (Å²) in [6, 6.07) is 14.9. The van der Waals surface area contributed by atoms with E-state index in [1.54, 1.807) is 19.2 Å². The molecule has 2 heteroatoms. The van der Waals surface area contributed by atoms with E-state index in [0.717, 1.165) is 24.2 Å². The van der Waals surface area contributed by atoms with Gasteiger partial charge in [0.1, 0.15) is 11.6 Å². The minimum Gasteiger partial charge on any atom is -0.497 e. The van der Waals surface area contributed by atoms with E-state index in [1.165, 1.54) is 11.6 Å². The second-order valence-corrected chi connectivity index (χ2v) is 4.67. The molecule has 1 nitrogen and oxygen atoms in total. The van der Waals surface area contributed by atoms with Crippen LogP contribution < -0.4 is 4.74 Å². The normalized spacial score (nSPS) is 12.2. The average Bonchev–Trinajstić information content (AvgIpc) is 2.45. The summed E-state index contributed by atoms with van der Waals surface area (Å²) in [6.45, 7) is 2.15. The quantitative estimate of drug-likeness (QED) is 0.751. The van der Waals surface area contributed by atoms with Gasteiger partial charge in [0.05, 0.1) is 7.11 Å². The van der Waals surface area contributed by atoms with Crippen molar-refractivity contribution in [3.63, 3.8) is 0 Å². The van der Waals surface area contributed by atoms with Gasteiger partial charge in [-0.05, 0) is 41.8 Å². The lowest BCUT2D eigenvalue weighted by Crippen LogP contribution is -2.01. The van der Waals surface area contributed by atoms with Crippen molar-refractivity contribution in [3.05, 3.63) is 65.5 Å². The molecule has 0 aliphatic carbocycles. The molecule has 0 spiro atoms. The molecule has 0 N–H and O–H groups in total. The fraction of sp³-hybridized carbons (Fsp3) is 0.294. The molecule has 0 aliphatic rings. The Kier molecular flexibility index (Phi) is 4.56. The van der Waals surface area contributed by atoms with Gasteiger partial charge in [-0.15, -0.1) is 0 Å². The summed E-state index contributed by atoms with van der Waals surface area (Å²) in [6.07, 6.45) is 2.07. The first-order chi connectivity index (χ1) is 9.24. The van der Waals surface area contributed by atoms with Gasteiger partial charge in [0.25, 0.3) is 0 Å². The van der Waals surface area contributed by atoms with Crippen molar-refractivity contribution in [3.8, 4) is 5.75 Å². The van der Waals surface area contributed by atoms with E-state index >= 15 is 0 Å². The van der Waals surface area contributed by atoms with Crippen LogP contribution >= 0.6 is 0 Å². The van der Waals surface area contributed by atoms with Crippen LogP contribution in [0.2, 0.25) is 0 Å². The highest BCUT2D eigenvalue weighted by atomic mass is 19.1. The zero-order chi connectivity index (χ0) is 13.7. The van der Waals surface area contributed by atoms with Crippen molar-refractivity contribution in [1.82, 2.24) is 0 Å². The maximum absolute atomic E-state index is 13.4. The Hall–Kier alpha value is -1.83. The summed E-state index contributed by atoms with van der Waals surface area (Å²) in [5.74, 6) is 0.914. The molecule has 2 aromatic rings. The third kappa shape index (κ3) is 3.34. The molecule has 0 aliphatic heterocycles. The largest absolute Gasteiger partial charge is 0.497 e. The van der Waals surface area contributed by atoms with E-state index in [1.807, 2.05) is 18.2 Å². The molecule has 1 unspecified atom stereocenters. The number of halogens is 1. The fourth-order valence-electron chi connectivity index (χ4n) is 2.37. The highest BCUT2D eigenvalue weighted by molar-refractivity contribution is 5.36. The highest BCUT2D eigenvalue weighted by Crippen LogP contribution is 2.30. The number of hydrogen-bond acceptors (Lipinski definition) is 1. The molecule has 0 heterocycles. The van der Waals surface area contributed by atoms with Crippen molar-refractivity contribution in [2.75, 3.05) is 7.11 Å². The lowest BCUT2D eigenvalue weighted by Gasteiger charge is -2.17. The summed E-state index contributed by atoms with van der Waals surface area (Å²) in [5, 5.41) is 0. The monoisotopic (exact) mass is 258 g/mol. The van der Waals surface area contributed by atoms with Crippen molar-refractivity contribution in [1.29, 1.82) is 0 Å². The second-order valence-electron chi connectivity index (χ2n) is 4.67. The molecule has 0 saturated heterocycles. The molecule has 2 aromatic carbocycles. The van der Waals surface area contributed by atoms with Crippen LogP contribution in [0.1, 0.15) is 36.8 Å². The molecular weight excluding hydrogens is 239 g/mol. The van der Waals surface area contributed by atoms with Crippen LogP contribution in [0, 0.1) is 5.82 Å². The Bertz CT molecular complexity index is 519. The van der Waals surface area contributed by atoms with Gasteiger partial charge in [0.2, 0.25) is 0 Å². The van der Waals surface area contributed by atoms with Gasteiger partial charge in [-0.1, -0.05) is 37.6 Å². The fourth-order valence-corrected chi connectivity index (χ4v) is 2.37. The molecular formula is C17H19FO. The van der Waals surface area contributed by atoms with Gasteiger partial charge in [-0.2, -0.15) is 0 Å². The van der Waals surface area contributed by atoms with Crippen molar-refractivity contribution in [2.45, 2.75) is 25.7 Å².